The Balaban J connectivity index is 2.11. The Hall–Kier alpha value is -1.95. The number of hydrogen-bond donors (Lipinski definition) is 0. The predicted molar refractivity (Wildman–Crippen MR) is 81.2 cm³/mol. The Morgan fingerprint density at radius 2 is 2.19 bits per heavy atom. The van der Waals surface area contributed by atoms with Crippen LogP contribution in [-0.2, 0) is 25.9 Å². The number of aromatic nitrogens is 6. The van der Waals surface area contributed by atoms with Crippen molar-refractivity contribution in [2.75, 3.05) is 0 Å². The Morgan fingerprint density at radius 1 is 1.33 bits per heavy atom. The van der Waals surface area contributed by atoms with Crippen LogP contribution in [0, 0.1) is 0 Å². The zero-order valence-corrected chi connectivity index (χ0v) is 12.9. The summed E-state index contributed by atoms with van der Waals surface area (Å²) in [5.41, 5.74) is 3.83. The van der Waals surface area contributed by atoms with Crippen LogP contribution in [0.2, 0.25) is 0 Å². The fourth-order valence-corrected chi connectivity index (χ4v) is 2.74. The Bertz CT molecular complexity index is 746. The average Bonchev–Trinajstić information content (AvgIpc) is 3.00. The third-order valence-electron chi connectivity index (χ3n) is 3.42. The van der Waals surface area contributed by atoms with E-state index >= 15 is 0 Å². The number of alkyl halides is 1. The van der Waals surface area contributed by atoms with Crippen molar-refractivity contribution in [1.29, 1.82) is 0 Å². The molecular weight excluding hydrogens is 288 g/mol. The first-order valence-electron chi connectivity index (χ1n) is 6.98. The number of halogens is 1. The standard InChI is InChI=1S/C14H17ClN6/c1-3-5-11-13-14(20(2)19-11)21(12(8-15)17-13)9-10-6-4-7-16-18-10/h4,6-7H,3,5,8-9H2,1-2H3. The summed E-state index contributed by atoms with van der Waals surface area (Å²) < 4.78 is 3.94. The molecule has 6 nitrogen and oxygen atoms in total. The van der Waals surface area contributed by atoms with Crippen LogP contribution >= 0.6 is 11.6 Å². The van der Waals surface area contributed by atoms with E-state index in [0.717, 1.165) is 41.2 Å². The maximum Gasteiger partial charge on any atom is 0.159 e. The lowest BCUT2D eigenvalue weighted by Crippen LogP contribution is -2.09. The highest BCUT2D eigenvalue weighted by Crippen LogP contribution is 2.22. The number of fused-ring (bicyclic) bond motifs is 1. The summed E-state index contributed by atoms with van der Waals surface area (Å²) >= 11 is 6.06. The van der Waals surface area contributed by atoms with Gasteiger partial charge in [0.2, 0.25) is 0 Å². The normalized spacial score (nSPS) is 11.4. The van der Waals surface area contributed by atoms with Crippen LogP contribution in [0.25, 0.3) is 11.2 Å². The van der Waals surface area contributed by atoms with Gasteiger partial charge in [-0.15, -0.1) is 11.6 Å². The second-order valence-corrected chi connectivity index (χ2v) is 5.22. The lowest BCUT2D eigenvalue weighted by Gasteiger charge is -2.07. The molecular formula is C14H17ClN6. The van der Waals surface area contributed by atoms with Gasteiger partial charge in [-0.3, -0.25) is 4.68 Å². The van der Waals surface area contributed by atoms with Gasteiger partial charge in [0, 0.05) is 13.2 Å². The molecule has 0 amide bonds. The second-order valence-electron chi connectivity index (χ2n) is 4.96. The number of hydrogen-bond acceptors (Lipinski definition) is 4. The average molecular weight is 305 g/mol. The van der Waals surface area contributed by atoms with Crippen molar-refractivity contribution in [2.24, 2.45) is 7.05 Å². The van der Waals surface area contributed by atoms with Gasteiger partial charge in [0.25, 0.3) is 0 Å². The molecule has 3 heterocycles. The highest BCUT2D eigenvalue weighted by molar-refractivity contribution is 6.16. The summed E-state index contributed by atoms with van der Waals surface area (Å²) in [5.74, 6) is 1.20. The van der Waals surface area contributed by atoms with E-state index in [0.29, 0.717) is 12.4 Å². The fraction of sp³-hybridized carbons (Fsp3) is 0.429. The lowest BCUT2D eigenvalue weighted by atomic mass is 10.2. The fourth-order valence-electron chi connectivity index (χ4n) is 2.54. The lowest BCUT2D eigenvalue weighted by molar-refractivity contribution is 0.680. The van der Waals surface area contributed by atoms with Gasteiger partial charge in [0.15, 0.2) is 5.65 Å². The summed E-state index contributed by atoms with van der Waals surface area (Å²) in [6, 6.07) is 3.82. The molecule has 3 aromatic rings. The van der Waals surface area contributed by atoms with Crippen molar-refractivity contribution >= 4 is 22.8 Å². The molecule has 0 unspecified atom stereocenters. The predicted octanol–water partition coefficient (Wildman–Crippen LogP) is 2.30. The Labute approximate surface area is 127 Å². The molecule has 0 saturated carbocycles. The molecule has 0 aromatic carbocycles. The molecule has 0 saturated heterocycles. The zero-order valence-electron chi connectivity index (χ0n) is 12.1. The third-order valence-corrected chi connectivity index (χ3v) is 3.66. The van der Waals surface area contributed by atoms with E-state index in [1.165, 1.54) is 0 Å². The maximum absolute atomic E-state index is 6.06. The minimum Gasteiger partial charge on any atom is -0.306 e. The number of imidazole rings is 1. The van der Waals surface area contributed by atoms with E-state index in [1.807, 2.05) is 23.9 Å². The maximum atomic E-state index is 6.06. The monoisotopic (exact) mass is 304 g/mol. The van der Waals surface area contributed by atoms with Crippen molar-refractivity contribution in [3.05, 3.63) is 35.5 Å². The Kier molecular flexibility index (Phi) is 3.88. The first-order chi connectivity index (χ1) is 10.2. The van der Waals surface area contributed by atoms with Crippen molar-refractivity contribution < 1.29 is 0 Å². The third kappa shape index (κ3) is 2.51. The topological polar surface area (TPSA) is 61.4 Å². The van der Waals surface area contributed by atoms with Gasteiger partial charge in [0.05, 0.1) is 23.8 Å². The van der Waals surface area contributed by atoms with E-state index in [9.17, 15) is 0 Å². The molecule has 3 rings (SSSR count). The summed E-state index contributed by atoms with van der Waals surface area (Å²) in [6.45, 7) is 2.73. The van der Waals surface area contributed by atoms with Crippen LogP contribution < -0.4 is 0 Å². The number of aryl methyl sites for hydroxylation is 2. The van der Waals surface area contributed by atoms with E-state index < -0.39 is 0 Å². The van der Waals surface area contributed by atoms with Crippen LogP contribution in [0.3, 0.4) is 0 Å². The van der Waals surface area contributed by atoms with Crippen molar-refractivity contribution in [3.63, 3.8) is 0 Å². The van der Waals surface area contributed by atoms with Crippen LogP contribution in [0.5, 0.6) is 0 Å². The molecule has 0 spiro atoms. The molecule has 0 radical (unpaired) electrons. The van der Waals surface area contributed by atoms with Crippen LogP contribution in [0.1, 0.15) is 30.6 Å². The molecule has 0 atom stereocenters. The molecule has 0 N–H and O–H groups in total. The second kappa shape index (κ2) is 5.81. The van der Waals surface area contributed by atoms with Crippen molar-refractivity contribution in [3.8, 4) is 0 Å². The highest BCUT2D eigenvalue weighted by atomic mass is 35.5. The van der Waals surface area contributed by atoms with Crippen LogP contribution in [0.4, 0.5) is 0 Å². The summed E-state index contributed by atoms with van der Waals surface area (Å²) in [4.78, 5) is 4.67. The van der Waals surface area contributed by atoms with Gasteiger partial charge >= 0.3 is 0 Å². The first-order valence-corrected chi connectivity index (χ1v) is 7.51. The van der Waals surface area contributed by atoms with E-state index in [1.54, 1.807) is 6.20 Å². The largest absolute Gasteiger partial charge is 0.306 e. The quantitative estimate of drug-likeness (QED) is 0.679. The Morgan fingerprint density at radius 3 is 2.86 bits per heavy atom. The minimum atomic E-state index is 0.362. The summed E-state index contributed by atoms with van der Waals surface area (Å²) in [7, 11) is 1.94. The van der Waals surface area contributed by atoms with Gasteiger partial charge in [-0.1, -0.05) is 13.3 Å². The van der Waals surface area contributed by atoms with E-state index in [2.05, 4.69) is 31.8 Å². The van der Waals surface area contributed by atoms with Gasteiger partial charge in [0.1, 0.15) is 11.3 Å². The van der Waals surface area contributed by atoms with Gasteiger partial charge in [-0.05, 0) is 18.6 Å². The SMILES string of the molecule is CCCc1nn(C)c2c1nc(CCl)n2Cc1cccnn1. The molecule has 0 aliphatic carbocycles. The zero-order chi connectivity index (χ0) is 14.8. The molecule has 3 aromatic heterocycles. The number of rotatable bonds is 5. The van der Waals surface area contributed by atoms with Gasteiger partial charge in [-0.25, -0.2) is 4.98 Å². The smallest absolute Gasteiger partial charge is 0.159 e. The first kappa shape index (κ1) is 14.0. The summed E-state index contributed by atoms with van der Waals surface area (Å²) in [5, 5.41) is 12.6. The molecule has 0 fully saturated rings. The van der Waals surface area contributed by atoms with Gasteiger partial charge in [-0.2, -0.15) is 15.3 Å². The molecule has 21 heavy (non-hydrogen) atoms. The minimum absolute atomic E-state index is 0.362. The molecule has 7 heteroatoms. The highest BCUT2D eigenvalue weighted by Gasteiger charge is 2.18. The molecule has 0 aliphatic rings. The van der Waals surface area contributed by atoms with E-state index in [-0.39, 0.29) is 0 Å². The molecule has 0 bridgehead atoms. The van der Waals surface area contributed by atoms with E-state index in [4.69, 9.17) is 11.6 Å². The van der Waals surface area contributed by atoms with Crippen LogP contribution in [-0.4, -0.2) is 29.5 Å². The van der Waals surface area contributed by atoms with Crippen molar-refractivity contribution in [2.45, 2.75) is 32.2 Å². The summed E-state index contributed by atoms with van der Waals surface area (Å²) in [6.07, 6.45) is 3.62. The van der Waals surface area contributed by atoms with Crippen molar-refractivity contribution in [1.82, 2.24) is 29.5 Å². The molecule has 110 valence electrons. The van der Waals surface area contributed by atoms with Crippen LogP contribution in [0.15, 0.2) is 18.3 Å². The van der Waals surface area contributed by atoms with Gasteiger partial charge < -0.3 is 4.57 Å². The number of nitrogens with zero attached hydrogens (tertiary/aromatic N) is 6. The molecule has 0 aliphatic heterocycles.